The van der Waals surface area contributed by atoms with Crippen LogP contribution in [0.1, 0.15) is 31.7 Å². The second kappa shape index (κ2) is 7.97. The first-order valence-electron chi connectivity index (χ1n) is 7.58. The lowest BCUT2D eigenvalue weighted by Crippen LogP contribution is -2.46. The van der Waals surface area contributed by atoms with Crippen LogP contribution in [0.4, 0.5) is 0 Å². The summed E-state index contributed by atoms with van der Waals surface area (Å²) in [6.07, 6.45) is 2.29. The van der Waals surface area contributed by atoms with E-state index in [1.54, 1.807) is 16.4 Å². The van der Waals surface area contributed by atoms with Crippen LogP contribution in [0.15, 0.2) is 18.2 Å². The van der Waals surface area contributed by atoms with Gasteiger partial charge in [-0.05, 0) is 50.0 Å². The number of hydrogen-bond acceptors (Lipinski definition) is 3. The highest BCUT2D eigenvalue weighted by Crippen LogP contribution is 2.26. The van der Waals surface area contributed by atoms with Crippen LogP contribution in [0.25, 0.3) is 0 Å². The molecule has 0 atom stereocenters. The first-order valence-corrected chi connectivity index (χ1v) is 9.94. The van der Waals surface area contributed by atoms with E-state index >= 15 is 0 Å². The molecule has 1 aliphatic rings. The van der Waals surface area contributed by atoms with Crippen molar-refractivity contribution in [2.75, 3.05) is 18.8 Å². The predicted octanol–water partition coefficient (Wildman–Crippen LogP) is 3.29. The normalized spacial score (nSPS) is 17.1. The predicted molar refractivity (Wildman–Crippen MR) is 92.0 cm³/mol. The summed E-state index contributed by atoms with van der Waals surface area (Å²) in [6, 6.07) is 5.35. The first kappa shape index (κ1) is 18.0. The third kappa shape index (κ3) is 4.59. The van der Waals surface area contributed by atoms with Gasteiger partial charge in [0.2, 0.25) is 10.0 Å². The van der Waals surface area contributed by atoms with Crippen molar-refractivity contribution in [3.63, 3.8) is 0 Å². The number of nitrogens with one attached hydrogen (secondary N) is 1. The Morgan fingerprint density at radius 3 is 2.50 bits per heavy atom. The molecule has 1 aromatic rings. The van der Waals surface area contributed by atoms with Crippen molar-refractivity contribution in [2.24, 2.45) is 0 Å². The van der Waals surface area contributed by atoms with Crippen LogP contribution >= 0.6 is 23.2 Å². The third-order valence-corrected chi connectivity index (χ3v) is 6.66. The van der Waals surface area contributed by atoms with Crippen molar-refractivity contribution in [3.8, 4) is 0 Å². The van der Waals surface area contributed by atoms with Gasteiger partial charge in [-0.1, -0.05) is 36.2 Å². The second-order valence-electron chi connectivity index (χ2n) is 5.59. The molecule has 0 bridgehead atoms. The van der Waals surface area contributed by atoms with E-state index in [-0.39, 0.29) is 11.8 Å². The van der Waals surface area contributed by atoms with Crippen molar-refractivity contribution in [3.05, 3.63) is 33.8 Å². The summed E-state index contributed by atoms with van der Waals surface area (Å²) in [5, 5.41) is 4.21. The van der Waals surface area contributed by atoms with Gasteiger partial charge in [0.15, 0.2) is 0 Å². The highest BCUT2D eigenvalue weighted by atomic mass is 35.5. The number of nitrogens with zero attached hydrogens (tertiary/aromatic N) is 1. The summed E-state index contributed by atoms with van der Waals surface area (Å²) in [5.74, 6) is 0.179. The number of halogens is 2. The van der Waals surface area contributed by atoms with Crippen molar-refractivity contribution in [1.29, 1.82) is 0 Å². The van der Waals surface area contributed by atoms with E-state index in [4.69, 9.17) is 23.2 Å². The summed E-state index contributed by atoms with van der Waals surface area (Å²) in [4.78, 5) is 0. The van der Waals surface area contributed by atoms with Crippen LogP contribution < -0.4 is 5.32 Å². The van der Waals surface area contributed by atoms with Gasteiger partial charge in [-0.25, -0.2) is 8.42 Å². The average molecular weight is 365 g/mol. The van der Waals surface area contributed by atoms with Crippen molar-refractivity contribution in [2.45, 2.75) is 38.8 Å². The lowest BCUT2D eigenvalue weighted by atomic mass is 10.1. The molecule has 1 aliphatic heterocycles. The quantitative estimate of drug-likeness (QED) is 0.842. The number of benzene rings is 1. The Morgan fingerprint density at radius 2 is 1.91 bits per heavy atom. The molecule has 7 heteroatoms. The maximum Gasteiger partial charge on any atom is 0.214 e. The van der Waals surface area contributed by atoms with Crippen molar-refractivity contribution >= 4 is 33.2 Å². The number of rotatable bonds is 6. The molecular formula is C15H22Cl2N2O2S. The molecule has 1 N–H and O–H groups in total. The zero-order chi connectivity index (χ0) is 16.2. The summed E-state index contributed by atoms with van der Waals surface area (Å²) < 4.78 is 26.9. The monoisotopic (exact) mass is 364 g/mol. The molecule has 0 radical (unpaired) electrons. The molecular weight excluding hydrogens is 343 g/mol. The van der Waals surface area contributed by atoms with E-state index in [0.717, 1.165) is 31.5 Å². The van der Waals surface area contributed by atoms with Gasteiger partial charge in [0.1, 0.15) is 0 Å². The molecule has 0 spiro atoms. The van der Waals surface area contributed by atoms with Crippen LogP contribution in [0.5, 0.6) is 0 Å². The fourth-order valence-electron chi connectivity index (χ4n) is 2.74. The van der Waals surface area contributed by atoms with Crippen LogP contribution in [-0.2, 0) is 16.6 Å². The molecule has 1 heterocycles. The largest absolute Gasteiger partial charge is 0.317 e. The number of hydrogen-bond donors (Lipinski definition) is 1. The van der Waals surface area contributed by atoms with Gasteiger partial charge in [-0.2, -0.15) is 4.31 Å². The molecule has 0 aromatic heterocycles. The second-order valence-corrected chi connectivity index (χ2v) is 8.45. The van der Waals surface area contributed by atoms with E-state index in [9.17, 15) is 8.42 Å². The average Bonchev–Trinajstić information content (AvgIpc) is 2.49. The third-order valence-electron chi connectivity index (χ3n) is 3.86. The Hall–Kier alpha value is -0.330. The van der Waals surface area contributed by atoms with E-state index in [0.29, 0.717) is 23.0 Å². The van der Waals surface area contributed by atoms with Crippen molar-refractivity contribution in [1.82, 2.24) is 9.62 Å². The van der Waals surface area contributed by atoms with E-state index in [2.05, 4.69) is 5.32 Å². The molecule has 1 fully saturated rings. The number of sulfonamides is 1. The molecule has 1 saturated heterocycles. The van der Waals surface area contributed by atoms with Crippen LogP contribution in [0, 0.1) is 0 Å². The van der Waals surface area contributed by atoms with Gasteiger partial charge >= 0.3 is 0 Å². The molecule has 22 heavy (non-hydrogen) atoms. The Labute approximate surface area is 142 Å². The Morgan fingerprint density at radius 1 is 1.23 bits per heavy atom. The summed E-state index contributed by atoms with van der Waals surface area (Å²) in [7, 11) is -3.26. The number of piperidine rings is 1. The van der Waals surface area contributed by atoms with E-state index < -0.39 is 10.0 Å². The van der Waals surface area contributed by atoms with Gasteiger partial charge in [-0.3, -0.25) is 0 Å². The van der Waals surface area contributed by atoms with Crippen LogP contribution in [-0.4, -0.2) is 37.6 Å². The minimum absolute atomic E-state index is 0.0484. The van der Waals surface area contributed by atoms with Gasteiger partial charge < -0.3 is 5.32 Å². The zero-order valence-corrected chi connectivity index (χ0v) is 15.0. The Bertz CT molecular complexity index is 602. The molecule has 2 rings (SSSR count). The maximum atomic E-state index is 12.6. The van der Waals surface area contributed by atoms with Gasteiger partial charge in [0.25, 0.3) is 0 Å². The molecule has 0 unspecified atom stereocenters. The molecule has 0 saturated carbocycles. The molecule has 1 aromatic carbocycles. The van der Waals surface area contributed by atoms with Crippen molar-refractivity contribution < 1.29 is 8.42 Å². The summed E-state index contributed by atoms with van der Waals surface area (Å²) >= 11 is 12.0. The van der Waals surface area contributed by atoms with Crippen LogP contribution in [0.3, 0.4) is 0 Å². The molecule has 124 valence electrons. The van der Waals surface area contributed by atoms with Gasteiger partial charge in [0, 0.05) is 12.6 Å². The topological polar surface area (TPSA) is 49.4 Å². The summed E-state index contributed by atoms with van der Waals surface area (Å²) in [5.41, 5.74) is 0.868. The fourth-order valence-corrected chi connectivity index (χ4v) is 4.82. The van der Waals surface area contributed by atoms with Gasteiger partial charge in [-0.15, -0.1) is 0 Å². The van der Waals surface area contributed by atoms with E-state index in [1.165, 1.54) is 0 Å². The standard InChI is InChI=1S/C15H22Cl2N2O2S/c1-2-9-22(20,21)19(13-5-7-18-8-6-13)11-12-3-4-14(16)15(17)10-12/h3-4,10,13,18H,2,5-9,11H2,1H3. The highest BCUT2D eigenvalue weighted by Gasteiger charge is 2.30. The zero-order valence-electron chi connectivity index (χ0n) is 12.7. The summed E-state index contributed by atoms with van der Waals surface area (Å²) in [6.45, 7) is 3.94. The SMILES string of the molecule is CCCS(=O)(=O)N(Cc1ccc(Cl)c(Cl)c1)C1CCNCC1. The Kier molecular flexibility index (Phi) is 6.53. The minimum atomic E-state index is -3.26. The molecule has 0 aliphatic carbocycles. The smallest absolute Gasteiger partial charge is 0.214 e. The van der Waals surface area contributed by atoms with Gasteiger partial charge in [0.05, 0.1) is 15.8 Å². The van der Waals surface area contributed by atoms with Crippen LogP contribution in [0.2, 0.25) is 10.0 Å². The first-order chi connectivity index (χ1) is 10.4. The maximum absolute atomic E-state index is 12.6. The fraction of sp³-hybridized carbons (Fsp3) is 0.600. The lowest BCUT2D eigenvalue weighted by molar-refractivity contribution is 0.256. The molecule has 0 amide bonds. The minimum Gasteiger partial charge on any atom is -0.317 e. The Balaban J connectivity index is 2.25. The van der Waals surface area contributed by atoms with E-state index in [1.807, 2.05) is 13.0 Å². The molecule has 4 nitrogen and oxygen atoms in total. The highest BCUT2D eigenvalue weighted by molar-refractivity contribution is 7.89. The lowest BCUT2D eigenvalue weighted by Gasteiger charge is -2.33.